The van der Waals surface area contributed by atoms with Crippen molar-refractivity contribution in [2.24, 2.45) is 0 Å². The number of benzene rings is 1. The van der Waals surface area contributed by atoms with Gasteiger partial charge in [-0.05, 0) is 12.1 Å². The molecule has 1 aromatic carbocycles. The van der Waals surface area contributed by atoms with Gasteiger partial charge >= 0.3 is 6.09 Å². The molecule has 0 fully saturated rings. The first kappa shape index (κ1) is 9.45. The molecule has 4 heteroatoms. The Labute approximate surface area is 86.8 Å². The number of pyridine rings is 1. The van der Waals surface area contributed by atoms with E-state index in [4.69, 9.17) is 5.11 Å². The third-order valence-corrected chi connectivity index (χ3v) is 2.31. The first-order valence-corrected chi connectivity index (χ1v) is 4.49. The number of fused-ring (bicyclic) bond motifs is 1. The van der Waals surface area contributed by atoms with Crippen molar-refractivity contribution in [3.05, 3.63) is 36.7 Å². The van der Waals surface area contributed by atoms with E-state index in [2.05, 4.69) is 4.98 Å². The minimum atomic E-state index is -0.973. The van der Waals surface area contributed by atoms with Crippen LogP contribution in [0.5, 0.6) is 0 Å². The van der Waals surface area contributed by atoms with Crippen molar-refractivity contribution in [3.8, 4) is 0 Å². The summed E-state index contributed by atoms with van der Waals surface area (Å²) in [4.78, 5) is 16.0. The molecule has 1 aromatic heterocycles. The molecule has 0 unspecified atom stereocenters. The van der Waals surface area contributed by atoms with E-state index in [1.54, 1.807) is 18.5 Å². The summed E-state index contributed by atoms with van der Waals surface area (Å²) < 4.78 is 0. The number of aromatic nitrogens is 1. The minimum Gasteiger partial charge on any atom is -0.465 e. The van der Waals surface area contributed by atoms with Gasteiger partial charge in [-0.3, -0.25) is 9.88 Å². The molecule has 0 radical (unpaired) electrons. The van der Waals surface area contributed by atoms with Crippen molar-refractivity contribution in [2.45, 2.75) is 0 Å². The average molecular weight is 202 g/mol. The summed E-state index contributed by atoms with van der Waals surface area (Å²) in [6.45, 7) is 0. The molecular formula is C11H10N2O2. The molecular weight excluding hydrogens is 192 g/mol. The van der Waals surface area contributed by atoms with Crippen LogP contribution < -0.4 is 4.90 Å². The zero-order valence-corrected chi connectivity index (χ0v) is 8.21. The molecule has 15 heavy (non-hydrogen) atoms. The van der Waals surface area contributed by atoms with Crippen LogP contribution in [0.1, 0.15) is 0 Å². The molecule has 2 rings (SSSR count). The highest BCUT2D eigenvalue weighted by Crippen LogP contribution is 2.24. The van der Waals surface area contributed by atoms with E-state index in [0.29, 0.717) is 5.69 Å². The van der Waals surface area contributed by atoms with E-state index < -0.39 is 6.09 Å². The van der Waals surface area contributed by atoms with Crippen LogP contribution in [0.2, 0.25) is 0 Å². The van der Waals surface area contributed by atoms with Crippen molar-refractivity contribution in [3.63, 3.8) is 0 Å². The highest BCUT2D eigenvalue weighted by atomic mass is 16.4. The molecule has 1 heterocycles. The molecule has 0 spiro atoms. The first-order valence-electron chi connectivity index (χ1n) is 4.49. The second-order valence-electron chi connectivity index (χ2n) is 3.22. The van der Waals surface area contributed by atoms with E-state index in [1.807, 2.05) is 18.2 Å². The van der Waals surface area contributed by atoms with Gasteiger partial charge in [-0.2, -0.15) is 0 Å². The molecule has 0 bridgehead atoms. The Hall–Kier alpha value is -2.10. The van der Waals surface area contributed by atoms with Crippen LogP contribution in [0.15, 0.2) is 36.7 Å². The predicted octanol–water partition coefficient (Wildman–Crippen LogP) is 2.35. The highest BCUT2D eigenvalue weighted by Gasteiger charge is 2.10. The van der Waals surface area contributed by atoms with E-state index in [0.717, 1.165) is 10.8 Å². The lowest BCUT2D eigenvalue weighted by Gasteiger charge is -2.15. The Balaban J connectivity index is 2.65. The second kappa shape index (κ2) is 3.57. The number of hydrogen-bond donors (Lipinski definition) is 1. The maximum Gasteiger partial charge on any atom is 0.411 e. The van der Waals surface area contributed by atoms with E-state index in [9.17, 15) is 4.79 Å². The lowest BCUT2D eigenvalue weighted by Crippen LogP contribution is -2.23. The van der Waals surface area contributed by atoms with Crippen LogP contribution >= 0.6 is 0 Å². The van der Waals surface area contributed by atoms with Gasteiger partial charge in [0, 0.05) is 30.2 Å². The van der Waals surface area contributed by atoms with Gasteiger partial charge in [0.05, 0.1) is 5.69 Å². The Kier molecular flexibility index (Phi) is 2.25. The molecule has 1 amide bonds. The molecule has 0 aliphatic heterocycles. The standard InChI is InChI=1S/C11H10N2O2/c1-13(11(14)15)10-4-2-3-8-7-12-6-5-9(8)10/h2-7H,1H3,(H,14,15). The molecule has 4 nitrogen and oxygen atoms in total. The average Bonchev–Trinajstić information content (AvgIpc) is 2.27. The maximum absolute atomic E-state index is 10.9. The summed E-state index contributed by atoms with van der Waals surface area (Å²) in [5, 5.41) is 10.7. The monoisotopic (exact) mass is 202 g/mol. The topological polar surface area (TPSA) is 53.4 Å². The zero-order valence-electron chi connectivity index (χ0n) is 8.21. The van der Waals surface area contributed by atoms with Crippen molar-refractivity contribution in [2.75, 3.05) is 11.9 Å². The SMILES string of the molecule is CN(C(=O)O)c1cccc2cnccc12. The second-order valence-corrected chi connectivity index (χ2v) is 3.22. The molecule has 0 atom stereocenters. The summed E-state index contributed by atoms with van der Waals surface area (Å²) >= 11 is 0. The van der Waals surface area contributed by atoms with Gasteiger partial charge in [0.15, 0.2) is 0 Å². The molecule has 0 saturated heterocycles. The van der Waals surface area contributed by atoms with Crippen molar-refractivity contribution >= 4 is 22.6 Å². The summed E-state index contributed by atoms with van der Waals surface area (Å²) in [6, 6.07) is 7.31. The highest BCUT2D eigenvalue weighted by molar-refractivity contribution is 6.00. The normalized spacial score (nSPS) is 10.2. The number of nitrogens with zero attached hydrogens (tertiary/aromatic N) is 2. The van der Waals surface area contributed by atoms with Gasteiger partial charge < -0.3 is 5.11 Å². The molecule has 0 saturated carbocycles. The van der Waals surface area contributed by atoms with Crippen LogP contribution in [0, 0.1) is 0 Å². The lowest BCUT2D eigenvalue weighted by molar-refractivity contribution is 0.203. The quantitative estimate of drug-likeness (QED) is 0.772. The maximum atomic E-state index is 10.9. The van der Waals surface area contributed by atoms with Gasteiger partial charge in [-0.1, -0.05) is 12.1 Å². The Morgan fingerprint density at radius 2 is 2.20 bits per heavy atom. The third-order valence-electron chi connectivity index (χ3n) is 2.31. The summed E-state index contributed by atoms with van der Waals surface area (Å²) in [5.74, 6) is 0. The molecule has 76 valence electrons. The number of carbonyl (C=O) groups is 1. The fourth-order valence-electron chi connectivity index (χ4n) is 1.50. The van der Waals surface area contributed by atoms with Crippen LogP contribution in [0.3, 0.4) is 0 Å². The largest absolute Gasteiger partial charge is 0.465 e. The van der Waals surface area contributed by atoms with Crippen LogP contribution in [0.4, 0.5) is 10.5 Å². The Morgan fingerprint density at radius 1 is 1.40 bits per heavy atom. The molecule has 2 aromatic rings. The van der Waals surface area contributed by atoms with Crippen LogP contribution in [-0.4, -0.2) is 23.2 Å². The number of hydrogen-bond acceptors (Lipinski definition) is 2. The van der Waals surface area contributed by atoms with E-state index in [-0.39, 0.29) is 0 Å². The summed E-state index contributed by atoms with van der Waals surface area (Å²) in [5.41, 5.74) is 0.669. The van der Waals surface area contributed by atoms with Gasteiger partial charge in [-0.15, -0.1) is 0 Å². The number of amides is 1. The summed E-state index contributed by atoms with van der Waals surface area (Å²) in [7, 11) is 1.53. The fraction of sp³-hybridized carbons (Fsp3) is 0.0909. The van der Waals surface area contributed by atoms with E-state index in [1.165, 1.54) is 11.9 Å². The van der Waals surface area contributed by atoms with Crippen molar-refractivity contribution in [1.82, 2.24) is 4.98 Å². The molecule has 0 aliphatic rings. The van der Waals surface area contributed by atoms with Gasteiger partial charge in [0.25, 0.3) is 0 Å². The predicted molar refractivity (Wildman–Crippen MR) is 58.2 cm³/mol. The number of anilines is 1. The van der Waals surface area contributed by atoms with Crippen LogP contribution in [0.25, 0.3) is 10.8 Å². The van der Waals surface area contributed by atoms with E-state index >= 15 is 0 Å². The number of carboxylic acid groups (broad SMARTS) is 1. The van der Waals surface area contributed by atoms with Gasteiger partial charge in [-0.25, -0.2) is 4.79 Å². The lowest BCUT2D eigenvalue weighted by atomic mass is 10.1. The molecule has 1 N–H and O–H groups in total. The third kappa shape index (κ3) is 1.61. The smallest absolute Gasteiger partial charge is 0.411 e. The fourth-order valence-corrected chi connectivity index (χ4v) is 1.50. The number of rotatable bonds is 1. The first-order chi connectivity index (χ1) is 7.20. The van der Waals surface area contributed by atoms with Gasteiger partial charge in [0.1, 0.15) is 0 Å². The van der Waals surface area contributed by atoms with Crippen molar-refractivity contribution in [1.29, 1.82) is 0 Å². The summed E-state index contributed by atoms with van der Waals surface area (Å²) in [6.07, 6.45) is 2.40. The zero-order chi connectivity index (χ0) is 10.8. The van der Waals surface area contributed by atoms with Crippen LogP contribution in [-0.2, 0) is 0 Å². The Bertz CT molecular complexity index is 505. The Morgan fingerprint density at radius 3 is 2.93 bits per heavy atom. The van der Waals surface area contributed by atoms with Crippen molar-refractivity contribution < 1.29 is 9.90 Å². The molecule has 0 aliphatic carbocycles. The van der Waals surface area contributed by atoms with Gasteiger partial charge in [0.2, 0.25) is 0 Å². The minimum absolute atomic E-state index is 0.669.